The Balaban J connectivity index is 1.49. The molecular weight excluding hydrogens is 258 g/mol. The molecule has 1 aromatic heterocycles. The number of carbonyl (C=O) groups excluding carboxylic acids is 1. The van der Waals surface area contributed by atoms with E-state index in [-0.39, 0.29) is 12.1 Å². The molecule has 0 aliphatic carbocycles. The van der Waals surface area contributed by atoms with Crippen LogP contribution >= 0.6 is 0 Å². The Bertz CT molecular complexity index is 590. The Morgan fingerprint density at radius 1 is 1.35 bits per heavy atom. The second-order valence-corrected chi connectivity index (χ2v) is 4.82. The van der Waals surface area contributed by atoms with Crippen LogP contribution in [0, 0.1) is 0 Å². The zero-order valence-electron chi connectivity index (χ0n) is 11.1. The second-order valence-electron chi connectivity index (χ2n) is 4.82. The summed E-state index contributed by atoms with van der Waals surface area (Å²) in [6.07, 6.45) is 2.22. The minimum atomic E-state index is -0.215. The van der Waals surface area contributed by atoms with Gasteiger partial charge < -0.3 is 19.9 Å². The summed E-state index contributed by atoms with van der Waals surface area (Å²) < 4.78 is 10.6. The number of ether oxygens (including phenoxy) is 1. The molecule has 3 rings (SSSR count). The van der Waals surface area contributed by atoms with Gasteiger partial charge in [-0.2, -0.15) is 0 Å². The topological polar surface area (TPSA) is 76.4 Å². The molecule has 6 heteroatoms. The first-order chi connectivity index (χ1) is 9.83. The van der Waals surface area contributed by atoms with Gasteiger partial charge in [0, 0.05) is 18.5 Å². The van der Waals surface area contributed by atoms with E-state index in [4.69, 9.17) is 9.26 Å². The highest BCUT2D eigenvalue weighted by Crippen LogP contribution is 2.17. The molecule has 1 aliphatic rings. The SMILES string of the molecule is O=C(NCc1noc2ccccc12)NCC1CCCO1. The molecule has 0 saturated carbocycles. The third-order valence-corrected chi connectivity index (χ3v) is 3.38. The van der Waals surface area contributed by atoms with Crippen LogP contribution in [0.25, 0.3) is 11.0 Å². The molecule has 2 heterocycles. The van der Waals surface area contributed by atoms with Crippen molar-refractivity contribution in [3.8, 4) is 0 Å². The molecule has 1 saturated heterocycles. The van der Waals surface area contributed by atoms with E-state index >= 15 is 0 Å². The number of nitrogens with zero attached hydrogens (tertiary/aromatic N) is 1. The predicted molar refractivity (Wildman–Crippen MR) is 73.2 cm³/mol. The number of hydrogen-bond acceptors (Lipinski definition) is 4. The van der Waals surface area contributed by atoms with E-state index < -0.39 is 0 Å². The summed E-state index contributed by atoms with van der Waals surface area (Å²) in [6.45, 7) is 1.68. The summed E-state index contributed by atoms with van der Waals surface area (Å²) in [7, 11) is 0. The van der Waals surface area contributed by atoms with Crippen LogP contribution in [0.2, 0.25) is 0 Å². The van der Waals surface area contributed by atoms with Crippen molar-refractivity contribution in [1.29, 1.82) is 0 Å². The number of carbonyl (C=O) groups is 1. The number of nitrogens with one attached hydrogen (secondary N) is 2. The zero-order chi connectivity index (χ0) is 13.8. The molecule has 6 nitrogen and oxygen atoms in total. The maximum atomic E-state index is 11.7. The van der Waals surface area contributed by atoms with Crippen LogP contribution in [0.15, 0.2) is 28.8 Å². The molecule has 1 fully saturated rings. The number of fused-ring (bicyclic) bond motifs is 1. The van der Waals surface area contributed by atoms with Crippen molar-refractivity contribution in [2.24, 2.45) is 0 Å². The Kier molecular flexibility index (Phi) is 3.83. The minimum Gasteiger partial charge on any atom is -0.376 e. The lowest BCUT2D eigenvalue weighted by Gasteiger charge is -2.11. The molecule has 20 heavy (non-hydrogen) atoms. The third kappa shape index (κ3) is 2.91. The molecule has 2 aromatic rings. The molecule has 0 bridgehead atoms. The molecule has 2 N–H and O–H groups in total. The first kappa shape index (κ1) is 12.9. The van der Waals surface area contributed by atoms with E-state index in [2.05, 4.69) is 15.8 Å². The highest BCUT2D eigenvalue weighted by Gasteiger charge is 2.16. The van der Waals surface area contributed by atoms with Gasteiger partial charge in [-0.25, -0.2) is 4.79 Å². The van der Waals surface area contributed by atoms with E-state index in [9.17, 15) is 4.79 Å². The quantitative estimate of drug-likeness (QED) is 0.892. The number of aromatic nitrogens is 1. The lowest BCUT2D eigenvalue weighted by atomic mass is 10.2. The number of para-hydroxylation sites is 1. The summed E-state index contributed by atoms with van der Waals surface area (Å²) in [5.74, 6) is 0. The van der Waals surface area contributed by atoms with Crippen LogP contribution in [0.3, 0.4) is 0 Å². The van der Waals surface area contributed by atoms with Crippen LogP contribution in [0.4, 0.5) is 4.79 Å². The smallest absolute Gasteiger partial charge is 0.315 e. The monoisotopic (exact) mass is 275 g/mol. The van der Waals surface area contributed by atoms with Gasteiger partial charge in [-0.1, -0.05) is 17.3 Å². The molecule has 1 unspecified atom stereocenters. The maximum Gasteiger partial charge on any atom is 0.315 e. The van der Waals surface area contributed by atoms with E-state index in [0.717, 1.165) is 36.1 Å². The number of benzene rings is 1. The van der Waals surface area contributed by atoms with E-state index in [1.54, 1.807) is 0 Å². The third-order valence-electron chi connectivity index (χ3n) is 3.38. The van der Waals surface area contributed by atoms with Crippen LogP contribution in [-0.2, 0) is 11.3 Å². The van der Waals surface area contributed by atoms with Crippen molar-refractivity contribution in [3.05, 3.63) is 30.0 Å². The van der Waals surface area contributed by atoms with Crippen molar-refractivity contribution in [2.45, 2.75) is 25.5 Å². The highest BCUT2D eigenvalue weighted by atomic mass is 16.5. The summed E-state index contributed by atoms with van der Waals surface area (Å²) in [5, 5.41) is 10.5. The highest BCUT2D eigenvalue weighted by molar-refractivity contribution is 5.80. The minimum absolute atomic E-state index is 0.147. The first-order valence-electron chi connectivity index (χ1n) is 6.79. The van der Waals surface area contributed by atoms with Crippen molar-refractivity contribution < 1.29 is 14.1 Å². The molecule has 1 aliphatic heterocycles. The fourth-order valence-corrected chi connectivity index (χ4v) is 2.30. The van der Waals surface area contributed by atoms with E-state index in [1.165, 1.54) is 0 Å². The van der Waals surface area contributed by atoms with Crippen LogP contribution < -0.4 is 10.6 Å². The Morgan fingerprint density at radius 3 is 3.10 bits per heavy atom. The van der Waals surface area contributed by atoms with Gasteiger partial charge in [0.05, 0.1) is 12.6 Å². The fourth-order valence-electron chi connectivity index (χ4n) is 2.30. The van der Waals surface area contributed by atoms with E-state index in [1.807, 2.05) is 24.3 Å². The van der Waals surface area contributed by atoms with Crippen molar-refractivity contribution in [3.63, 3.8) is 0 Å². The summed E-state index contributed by atoms with van der Waals surface area (Å²) in [5.41, 5.74) is 1.46. The molecule has 1 atom stereocenters. The van der Waals surface area contributed by atoms with Crippen molar-refractivity contribution in [2.75, 3.05) is 13.2 Å². The van der Waals surface area contributed by atoms with Gasteiger partial charge in [-0.15, -0.1) is 0 Å². The molecule has 1 aromatic carbocycles. The maximum absolute atomic E-state index is 11.7. The Morgan fingerprint density at radius 2 is 2.25 bits per heavy atom. The number of amides is 2. The van der Waals surface area contributed by atoms with Gasteiger partial charge >= 0.3 is 6.03 Å². The average molecular weight is 275 g/mol. The number of hydrogen-bond donors (Lipinski definition) is 2. The van der Waals surface area contributed by atoms with Gasteiger partial charge in [0.2, 0.25) is 0 Å². The summed E-state index contributed by atoms with van der Waals surface area (Å²) in [4.78, 5) is 11.7. The zero-order valence-corrected chi connectivity index (χ0v) is 11.1. The van der Waals surface area contributed by atoms with Crippen molar-refractivity contribution >= 4 is 17.0 Å². The second kappa shape index (κ2) is 5.92. The van der Waals surface area contributed by atoms with Gasteiger partial charge in [0.1, 0.15) is 5.69 Å². The molecule has 0 radical (unpaired) electrons. The summed E-state index contributed by atoms with van der Waals surface area (Å²) in [6, 6.07) is 7.36. The standard InChI is InChI=1S/C14H17N3O3/c18-14(15-8-10-4-3-7-19-10)16-9-12-11-5-1-2-6-13(11)20-17-12/h1-2,5-6,10H,3-4,7-9H2,(H2,15,16,18). The number of urea groups is 1. The Labute approximate surface area is 116 Å². The lowest BCUT2D eigenvalue weighted by molar-refractivity contribution is 0.111. The van der Waals surface area contributed by atoms with Gasteiger partial charge in [0.15, 0.2) is 5.58 Å². The molecule has 106 valence electrons. The fraction of sp³-hybridized carbons (Fsp3) is 0.429. The Hall–Kier alpha value is -2.08. The summed E-state index contributed by atoms with van der Waals surface area (Å²) >= 11 is 0. The van der Waals surface area contributed by atoms with Gasteiger partial charge in [0.25, 0.3) is 0 Å². The molecule has 0 spiro atoms. The average Bonchev–Trinajstić information content (AvgIpc) is 3.12. The van der Waals surface area contributed by atoms with E-state index in [0.29, 0.717) is 13.1 Å². The number of rotatable bonds is 4. The van der Waals surface area contributed by atoms with Crippen LogP contribution in [-0.4, -0.2) is 30.4 Å². The van der Waals surface area contributed by atoms with Crippen LogP contribution in [0.5, 0.6) is 0 Å². The molecule has 2 amide bonds. The van der Waals surface area contributed by atoms with Crippen molar-refractivity contribution in [1.82, 2.24) is 15.8 Å². The van der Waals surface area contributed by atoms with Crippen LogP contribution in [0.1, 0.15) is 18.5 Å². The van der Waals surface area contributed by atoms with Gasteiger partial charge in [-0.05, 0) is 25.0 Å². The first-order valence-corrected chi connectivity index (χ1v) is 6.79. The predicted octanol–water partition coefficient (Wildman–Crippen LogP) is 1.81. The van der Waals surface area contributed by atoms with Gasteiger partial charge in [-0.3, -0.25) is 0 Å². The normalized spacial score (nSPS) is 18.3. The lowest BCUT2D eigenvalue weighted by Crippen LogP contribution is -2.39. The molecular formula is C14H17N3O3. The largest absolute Gasteiger partial charge is 0.376 e.